The van der Waals surface area contributed by atoms with Crippen LogP contribution in [0.25, 0.3) is 129 Å². The standard InChI is InChI=1S/C61H35N3S2/c62-36-46-58(63-47-28-14-10-26-44(47)56-49(63)34-32-42-40-24-12-16-30-51(40)65-60(42)56)54(38-20-6-2-7-21-38)53(37-18-4-1-5-19-37)55(39-22-8-3-9-23-39)59(46)64-48-29-15-11-27-45(48)57-50(64)35-33-43-41-25-13-17-31-52(41)66-61(43)57/h1-35H. The molecule has 0 aliphatic rings. The Labute approximate surface area is 387 Å². The van der Waals surface area contributed by atoms with Gasteiger partial charge in [0.15, 0.2) is 0 Å². The lowest BCUT2D eigenvalue weighted by Gasteiger charge is -2.27. The molecule has 306 valence electrons. The highest BCUT2D eigenvalue weighted by Crippen LogP contribution is 2.54. The minimum atomic E-state index is 0.602. The third-order valence-electron chi connectivity index (χ3n) is 13.6. The number of rotatable bonds is 5. The maximum atomic E-state index is 12.4. The molecule has 0 saturated heterocycles. The van der Waals surface area contributed by atoms with Gasteiger partial charge in [0, 0.05) is 78.6 Å². The average Bonchev–Trinajstić information content (AvgIpc) is 4.14. The van der Waals surface area contributed by atoms with Crippen molar-refractivity contribution in [1.29, 1.82) is 5.26 Å². The minimum absolute atomic E-state index is 0.602. The number of nitrogens with zero attached hydrogens (tertiary/aromatic N) is 3. The number of nitriles is 1. The van der Waals surface area contributed by atoms with Gasteiger partial charge in [0.25, 0.3) is 0 Å². The summed E-state index contributed by atoms with van der Waals surface area (Å²) in [7, 11) is 0. The molecule has 14 rings (SSSR count). The van der Waals surface area contributed by atoms with Gasteiger partial charge in [-0.1, -0.05) is 176 Å². The Hall–Kier alpha value is -8.27. The van der Waals surface area contributed by atoms with Crippen LogP contribution in [0.2, 0.25) is 0 Å². The van der Waals surface area contributed by atoms with Crippen LogP contribution >= 0.6 is 22.7 Å². The van der Waals surface area contributed by atoms with Crippen LogP contribution in [-0.2, 0) is 0 Å². The molecular weight excluding hydrogens is 839 g/mol. The Morgan fingerprint density at radius 1 is 0.318 bits per heavy atom. The molecule has 4 heterocycles. The monoisotopic (exact) mass is 873 g/mol. The lowest BCUT2D eigenvalue weighted by molar-refractivity contribution is 1.12. The topological polar surface area (TPSA) is 33.6 Å². The fourth-order valence-corrected chi connectivity index (χ4v) is 13.4. The third kappa shape index (κ3) is 5.17. The van der Waals surface area contributed by atoms with E-state index in [1.807, 2.05) is 22.7 Å². The van der Waals surface area contributed by atoms with Crippen LogP contribution in [0.5, 0.6) is 0 Å². The molecular formula is C61H35N3S2. The van der Waals surface area contributed by atoms with Gasteiger partial charge in [-0.25, -0.2) is 0 Å². The molecule has 0 N–H and O–H groups in total. The van der Waals surface area contributed by atoms with Crippen LogP contribution in [-0.4, -0.2) is 9.13 Å². The lowest BCUT2D eigenvalue weighted by Crippen LogP contribution is -2.10. The fraction of sp³-hybridized carbons (Fsp3) is 0. The van der Waals surface area contributed by atoms with Gasteiger partial charge in [-0.15, -0.1) is 22.7 Å². The summed E-state index contributed by atoms with van der Waals surface area (Å²) in [5.74, 6) is 0. The predicted molar refractivity (Wildman–Crippen MR) is 282 cm³/mol. The number of thiophene rings is 2. The van der Waals surface area contributed by atoms with E-state index in [1.165, 1.54) is 51.1 Å². The van der Waals surface area contributed by atoms with Gasteiger partial charge in [-0.2, -0.15) is 5.26 Å². The highest BCUT2D eigenvalue weighted by molar-refractivity contribution is 7.27. The van der Waals surface area contributed by atoms with Gasteiger partial charge in [0.2, 0.25) is 0 Å². The predicted octanol–water partition coefficient (Wildman–Crippen LogP) is 17.5. The minimum Gasteiger partial charge on any atom is -0.307 e. The second kappa shape index (κ2) is 14.4. The van der Waals surface area contributed by atoms with Crippen molar-refractivity contribution in [2.75, 3.05) is 0 Å². The maximum absolute atomic E-state index is 12.4. The zero-order valence-electron chi connectivity index (χ0n) is 35.4. The van der Waals surface area contributed by atoms with Crippen molar-refractivity contribution in [2.24, 2.45) is 0 Å². The number of fused-ring (bicyclic) bond motifs is 14. The van der Waals surface area contributed by atoms with E-state index in [4.69, 9.17) is 0 Å². The quantitative estimate of drug-likeness (QED) is 0.170. The summed E-state index contributed by atoms with van der Waals surface area (Å²) in [5.41, 5.74) is 12.8. The van der Waals surface area contributed by atoms with Crippen molar-refractivity contribution in [3.8, 4) is 50.8 Å². The van der Waals surface area contributed by atoms with Crippen LogP contribution in [0.1, 0.15) is 5.56 Å². The van der Waals surface area contributed by atoms with E-state index in [0.717, 1.165) is 77.6 Å². The summed E-state index contributed by atoms with van der Waals surface area (Å²) >= 11 is 3.70. The second-order valence-corrected chi connectivity index (χ2v) is 19.1. The molecule has 0 amide bonds. The van der Waals surface area contributed by atoms with Crippen molar-refractivity contribution in [3.63, 3.8) is 0 Å². The molecule has 0 spiro atoms. The van der Waals surface area contributed by atoms with E-state index in [2.05, 4.69) is 228 Å². The van der Waals surface area contributed by atoms with Crippen LogP contribution < -0.4 is 0 Å². The smallest absolute Gasteiger partial charge is 0.104 e. The van der Waals surface area contributed by atoms with E-state index in [1.54, 1.807) is 0 Å². The Kier molecular flexibility index (Phi) is 8.09. The number of benzene rings is 10. The number of para-hydroxylation sites is 2. The first-order valence-corrected chi connectivity index (χ1v) is 23.9. The Morgan fingerprint density at radius 3 is 1.11 bits per heavy atom. The molecule has 0 aliphatic heterocycles. The third-order valence-corrected chi connectivity index (χ3v) is 16.0. The molecule has 0 bridgehead atoms. The van der Waals surface area contributed by atoms with Crippen LogP contribution in [0, 0.1) is 11.3 Å². The molecule has 0 unspecified atom stereocenters. The van der Waals surface area contributed by atoms with Crippen LogP contribution in [0.3, 0.4) is 0 Å². The first-order chi connectivity index (χ1) is 32.8. The molecule has 14 aromatic rings. The number of hydrogen-bond acceptors (Lipinski definition) is 3. The molecule has 0 aliphatic carbocycles. The average molecular weight is 874 g/mol. The van der Waals surface area contributed by atoms with Crippen molar-refractivity contribution in [2.45, 2.75) is 0 Å². The Bertz CT molecular complexity index is 4080. The van der Waals surface area contributed by atoms with E-state index < -0.39 is 0 Å². The molecule has 10 aromatic carbocycles. The van der Waals surface area contributed by atoms with E-state index >= 15 is 0 Å². The van der Waals surface area contributed by atoms with Gasteiger partial charge in [0.1, 0.15) is 11.6 Å². The first kappa shape index (κ1) is 37.1. The summed E-state index contributed by atoms with van der Waals surface area (Å²) < 4.78 is 9.86. The summed E-state index contributed by atoms with van der Waals surface area (Å²) in [6.07, 6.45) is 0. The largest absolute Gasteiger partial charge is 0.307 e. The second-order valence-electron chi connectivity index (χ2n) is 17.0. The lowest BCUT2D eigenvalue weighted by atomic mass is 9.82. The van der Waals surface area contributed by atoms with Gasteiger partial charge in [-0.05, 0) is 53.1 Å². The van der Waals surface area contributed by atoms with Crippen molar-refractivity contribution in [1.82, 2.24) is 9.13 Å². The van der Waals surface area contributed by atoms with Crippen LogP contribution in [0.4, 0.5) is 0 Å². The van der Waals surface area contributed by atoms with E-state index in [-0.39, 0.29) is 0 Å². The molecule has 5 heteroatoms. The van der Waals surface area contributed by atoms with Gasteiger partial charge in [0.05, 0.1) is 33.4 Å². The van der Waals surface area contributed by atoms with Crippen molar-refractivity contribution >= 4 is 107 Å². The summed E-state index contributed by atoms with van der Waals surface area (Å²) in [6, 6.07) is 79.4. The molecule has 0 fully saturated rings. The first-order valence-electron chi connectivity index (χ1n) is 22.2. The van der Waals surface area contributed by atoms with Gasteiger partial charge >= 0.3 is 0 Å². The SMILES string of the molecule is N#Cc1c(-n2c3ccccc3c3c4sc5ccccc5c4ccc32)c(-c2ccccc2)c(-c2ccccc2)c(-c2ccccc2)c1-n1c2ccccc2c2c3sc4ccccc4c3ccc21. The molecule has 0 saturated carbocycles. The van der Waals surface area contributed by atoms with E-state index in [9.17, 15) is 5.26 Å². The van der Waals surface area contributed by atoms with E-state index in [0.29, 0.717) is 5.56 Å². The van der Waals surface area contributed by atoms with Crippen LogP contribution in [0.15, 0.2) is 212 Å². The highest BCUT2D eigenvalue weighted by atomic mass is 32.1. The highest BCUT2D eigenvalue weighted by Gasteiger charge is 2.32. The molecule has 4 aromatic heterocycles. The molecule has 0 atom stereocenters. The maximum Gasteiger partial charge on any atom is 0.104 e. The summed E-state index contributed by atoms with van der Waals surface area (Å²) in [5, 5.41) is 22.1. The molecule has 0 radical (unpaired) electrons. The fourth-order valence-electron chi connectivity index (χ4n) is 10.9. The molecule has 66 heavy (non-hydrogen) atoms. The molecule has 3 nitrogen and oxygen atoms in total. The summed E-state index contributed by atoms with van der Waals surface area (Å²) in [4.78, 5) is 0. The van der Waals surface area contributed by atoms with Crippen molar-refractivity contribution in [3.05, 3.63) is 218 Å². The Morgan fingerprint density at radius 2 is 0.682 bits per heavy atom. The van der Waals surface area contributed by atoms with Gasteiger partial charge < -0.3 is 9.13 Å². The number of hydrogen-bond donors (Lipinski definition) is 0. The Balaban J connectivity index is 1.26. The zero-order valence-corrected chi connectivity index (χ0v) is 37.0. The van der Waals surface area contributed by atoms with Crippen molar-refractivity contribution < 1.29 is 0 Å². The number of aromatic nitrogens is 2. The normalized spacial score (nSPS) is 11.9. The van der Waals surface area contributed by atoms with Gasteiger partial charge in [-0.3, -0.25) is 0 Å². The summed E-state index contributed by atoms with van der Waals surface area (Å²) in [6.45, 7) is 0. The zero-order chi connectivity index (χ0) is 43.5.